The monoisotopic (exact) mass is 362 g/mol. The van der Waals surface area contributed by atoms with Crippen LogP contribution in [0, 0.1) is 13.8 Å². The number of aromatic nitrogens is 4. The molecule has 0 spiro atoms. The molecule has 3 heterocycles. The minimum Gasteiger partial charge on any atom is -0.355 e. The van der Waals surface area contributed by atoms with E-state index in [0.717, 1.165) is 30.8 Å². The first-order valence-corrected chi connectivity index (χ1v) is 9.40. The molecule has 1 fully saturated rings. The fraction of sp³-hybridized carbons (Fsp3) is 0.562. The largest absolute Gasteiger partial charge is 0.355 e. The predicted molar refractivity (Wildman–Crippen MR) is 94.4 cm³/mol. The Bertz CT molecular complexity index is 790. The normalized spacial score (nSPS) is 14.5. The Morgan fingerprint density at radius 2 is 2.20 bits per heavy atom. The van der Waals surface area contributed by atoms with Gasteiger partial charge in [-0.15, -0.1) is 5.10 Å². The quantitative estimate of drug-likeness (QED) is 0.583. The molecule has 0 unspecified atom stereocenters. The van der Waals surface area contributed by atoms with Crippen molar-refractivity contribution >= 4 is 29.4 Å². The molecule has 1 aliphatic rings. The molecule has 8 nitrogen and oxygen atoms in total. The second-order valence-electron chi connectivity index (χ2n) is 6.12. The van der Waals surface area contributed by atoms with Crippen LogP contribution < -0.4 is 5.32 Å². The van der Waals surface area contributed by atoms with Gasteiger partial charge in [0, 0.05) is 37.4 Å². The van der Waals surface area contributed by atoms with E-state index in [1.165, 1.54) is 11.8 Å². The van der Waals surface area contributed by atoms with Crippen LogP contribution in [0.4, 0.5) is 0 Å². The molecule has 25 heavy (non-hydrogen) atoms. The van der Waals surface area contributed by atoms with E-state index >= 15 is 0 Å². The van der Waals surface area contributed by atoms with Gasteiger partial charge in [0.2, 0.25) is 17.0 Å². The lowest BCUT2D eigenvalue weighted by molar-refractivity contribution is -0.127. The number of aryl methyl sites for hydroxylation is 2. The van der Waals surface area contributed by atoms with Crippen molar-refractivity contribution in [2.75, 3.05) is 25.4 Å². The van der Waals surface area contributed by atoms with Gasteiger partial charge in [-0.2, -0.15) is 4.98 Å². The van der Waals surface area contributed by atoms with Crippen LogP contribution in [0.5, 0.6) is 0 Å². The van der Waals surface area contributed by atoms with Crippen molar-refractivity contribution < 1.29 is 9.59 Å². The second-order valence-corrected chi connectivity index (χ2v) is 7.06. The van der Waals surface area contributed by atoms with Gasteiger partial charge < -0.3 is 10.2 Å². The third kappa shape index (κ3) is 4.47. The van der Waals surface area contributed by atoms with E-state index in [1.807, 2.05) is 24.8 Å². The molecule has 0 atom stereocenters. The lowest BCUT2D eigenvalue weighted by Crippen LogP contribution is -2.31. The Morgan fingerprint density at radius 1 is 1.36 bits per heavy atom. The van der Waals surface area contributed by atoms with E-state index in [-0.39, 0.29) is 17.6 Å². The van der Waals surface area contributed by atoms with Crippen LogP contribution in [0.2, 0.25) is 0 Å². The zero-order valence-electron chi connectivity index (χ0n) is 14.5. The molecule has 2 aromatic heterocycles. The van der Waals surface area contributed by atoms with E-state index < -0.39 is 0 Å². The Kier molecular flexibility index (Phi) is 5.52. The van der Waals surface area contributed by atoms with Crippen LogP contribution in [-0.4, -0.2) is 61.7 Å². The number of carbonyl (C=O) groups is 2. The van der Waals surface area contributed by atoms with Crippen molar-refractivity contribution in [3.63, 3.8) is 0 Å². The van der Waals surface area contributed by atoms with Crippen molar-refractivity contribution in [1.82, 2.24) is 29.8 Å². The fourth-order valence-corrected chi connectivity index (χ4v) is 3.48. The molecule has 0 aliphatic carbocycles. The highest BCUT2D eigenvalue weighted by Crippen LogP contribution is 2.15. The average Bonchev–Trinajstić information content (AvgIpc) is 3.16. The summed E-state index contributed by atoms with van der Waals surface area (Å²) in [5, 5.41) is 7.78. The van der Waals surface area contributed by atoms with Crippen molar-refractivity contribution in [1.29, 1.82) is 0 Å². The number of rotatable bonds is 7. The maximum atomic E-state index is 11.9. The number of hydrogen-bond acceptors (Lipinski definition) is 6. The van der Waals surface area contributed by atoms with Crippen LogP contribution >= 0.6 is 11.8 Å². The standard InChI is InChI=1S/C16H22N6O2S/c1-11-9-12(2)22-15(18-11)19-16(20-22)25-10-13(23)17-6-4-8-21-7-3-5-14(21)24/h9H,3-8,10H2,1-2H3,(H,17,23). The molecular formula is C16H22N6O2S. The zero-order chi connectivity index (χ0) is 17.8. The highest BCUT2D eigenvalue weighted by Gasteiger charge is 2.19. The van der Waals surface area contributed by atoms with E-state index in [4.69, 9.17) is 0 Å². The highest BCUT2D eigenvalue weighted by molar-refractivity contribution is 7.99. The summed E-state index contributed by atoms with van der Waals surface area (Å²) in [6, 6.07) is 1.94. The maximum absolute atomic E-state index is 11.9. The molecule has 1 saturated heterocycles. The number of nitrogens with zero attached hydrogens (tertiary/aromatic N) is 5. The molecule has 2 amide bonds. The lowest BCUT2D eigenvalue weighted by Gasteiger charge is -2.15. The minimum absolute atomic E-state index is 0.0579. The Hall–Kier alpha value is -2.16. The van der Waals surface area contributed by atoms with Gasteiger partial charge in [-0.05, 0) is 32.8 Å². The van der Waals surface area contributed by atoms with Gasteiger partial charge >= 0.3 is 0 Å². The molecule has 134 valence electrons. The molecule has 0 aromatic carbocycles. The number of hydrogen-bond donors (Lipinski definition) is 1. The van der Waals surface area contributed by atoms with Gasteiger partial charge in [0.1, 0.15) is 0 Å². The Labute approximate surface area is 150 Å². The number of likely N-dealkylation sites (tertiary alicyclic amines) is 1. The van der Waals surface area contributed by atoms with Crippen molar-refractivity contribution in [2.24, 2.45) is 0 Å². The minimum atomic E-state index is -0.0579. The fourth-order valence-electron chi connectivity index (χ4n) is 2.83. The molecule has 3 rings (SSSR count). The Balaban J connectivity index is 1.41. The smallest absolute Gasteiger partial charge is 0.253 e. The van der Waals surface area contributed by atoms with Gasteiger partial charge in [0.05, 0.1) is 5.75 Å². The molecule has 0 saturated carbocycles. The molecule has 1 aliphatic heterocycles. The zero-order valence-corrected chi connectivity index (χ0v) is 15.3. The molecule has 9 heteroatoms. The van der Waals surface area contributed by atoms with Gasteiger partial charge in [-0.1, -0.05) is 11.8 Å². The molecular weight excluding hydrogens is 340 g/mol. The summed E-state index contributed by atoms with van der Waals surface area (Å²) in [6.45, 7) is 5.99. The number of fused-ring (bicyclic) bond motifs is 1. The number of thioether (sulfide) groups is 1. The summed E-state index contributed by atoms with van der Waals surface area (Å²) >= 11 is 1.29. The summed E-state index contributed by atoms with van der Waals surface area (Å²) in [7, 11) is 0. The summed E-state index contributed by atoms with van der Waals surface area (Å²) in [5.41, 5.74) is 1.85. The molecule has 0 bridgehead atoms. The second kappa shape index (κ2) is 7.81. The van der Waals surface area contributed by atoms with Crippen LogP contribution in [0.15, 0.2) is 11.2 Å². The number of carbonyl (C=O) groups excluding carboxylic acids is 2. The van der Waals surface area contributed by atoms with Gasteiger partial charge in [0.25, 0.3) is 5.78 Å². The maximum Gasteiger partial charge on any atom is 0.253 e. The van der Waals surface area contributed by atoms with Gasteiger partial charge in [-0.25, -0.2) is 9.50 Å². The number of nitrogens with one attached hydrogen (secondary N) is 1. The first-order chi connectivity index (χ1) is 12.0. The SMILES string of the molecule is Cc1cc(C)n2nc(SCC(=O)NCCCN3CCCC3=O)nc2n1. The molecule has 2 aromatic rings. The lowest BCUT2D eigenvalue weighted by atomic mass is 10.4. The van der Waals surface area contributed by atoms with Crippen molar-refractivity contribution in [3.8, 4) is 0 Å². The summed E-state index contributed by atoms with van der Waals surface area (Å²) in [6.07, 6.45) is 2.38. The Morgan fingerprint density at radius 3 is 2.96 bits per heavy atom. The summed E-state index contributed by atoms with van der Waals surface area (Å²) < 4.78 is 1.68. The predicted octanol–water partition coefficient (Wildman–Crippen LogP) is 0.962. The van der Waals surface area contributed by atoms with Crippen molar-refractivity contribution in [3.05, 3.63) is 17.5 Å². The van der Waals surface area contributed by atoms with Crippen LogP contribution in [-0.2, 0) is 9.59 Å². The van der Waals surface area contributed by atoms with E-state index in [9.17, 15) is 9.59 Å². The topological polar surface area (TPSA) is 92.5 Å². The summed E-state index contributed by atoms with van der Waals surface area (Å²) in [5.74, 6) is 0.976. The van der Waals surface area contributed by atoms with Crippen LogP contribution in [0.1, 0.15) is 30.7 Å². The third-order valence-electron chi connectivity index (χ3n) is 4.03. The van der Waals surface area contributed by atoms with Crippen molar-refractivity contribution in [2.45, 2.75) is 38.3 Å². The van der Waals surface area contributed by atoms with Crippen LogP contribution in [0.3, 0.4) is 0 Å². The average molecular weight is 362 g/mol. The van der Waals surface area contributed by atoms with E-state index in [0.29, 0.717) is 30.4 Å². The highest BCUT2D eigenvalue weighted by atomic mass is 32.2. The van der Waals surface area contributed by atoms with E-state index in [2.05, 4.69) is 20.4 Å². The van der Waals surface area contributed by atoms with Crippen LogP contribution in [0.25, 0.3) is 5.78 Å². The molecule has 1 N–H and O–H groups in total. The molecule has 0 radical (unpaired) electrons. The van der Waals surface area contributed by atoms with Gasteiger partial charge in [-0.3, -0.25) is 9.59 Å². The van der Waals surface area contributed by atoms with E-state index in [1.54, 1.807) is 4.52 Å². The first kappa shape index (κ1) is 17.7. The number of amides is 2. The first-order valence-electron chi connectivity index (χ1n) is 8.41. The summed E-state index contributed by atoms with van der Waals surface area (Å²) in [4.78, 5) is 34.0. The van der Waals surface area contributed by atoms with Gasteiger partial charge in [0.15, 0.2) is 0 Å². The third-order valence-corrected chi connectivity index (χ3v) is 4.87.